The Morgan fingerprint density at radius 3 is 1.91 bits per heavy atom. The second-order valence-corrected chi connectivity index (χ2v) is 4.30. The summed E-state index contributed by atoms with van der Waals surface area (Å²) < 4.78 is 76.1. The van der Waals surface area contributed by atoms with Gasteiger partial charge in [0.25, 0.3) is 0 Å². The van der Waals surface area contributed by atoms with Crippen LogP contribution in [0, 0.1) is 0 Å². The molecule has 12 heteroatoms. The van der Waals surface area contributed by atoms with Gasteiger partial charge in [0.2, 0.25) is 0 Å². The van der Waals surface area contributed by atoms with Gasteiger partial charge in [-0.05, 0) is 19.3 Å². The molecular formula is C11H14F6N2O4. The molecule has 0 heterocycles. The van der Waals surface area contributed by atoms with E-state index in [4.69, 9.17) is 0 Å². The highest BCUT2D eigenvalue weighted by atomic mass is 19.4. The van der Waals surface area contributed by atoms with Crippen LogP contribution >= 0.6 is 0 Å². The molecule has 0 spiro atoms. The summed E-state index contributed by atoms with van der Waals surface area (Å²) in [6, 6.07) is -1.59. The Labute approximate surface area is 126 Å². The van der Waals surface area contributed by atoms with Gasteiger partial charge in [-0.3, -0.25) is 9.59 Å². The first-order valence-electron chi connectivity index (χ1n) is 6.20. The van der Waals surface area contributed by atoms with Crippen LogP contribution in [-0.4, -0.2) is 49.8 Å². The highest BCUT2D eigenvalue weighted by Gasteiger charge is 2.41. The summed E-state index contributed by atoms with van der Waals surface area (Å²) in [6.45, 7) is -0.389. The van der Waals surface area contributed by atoms with Crippen LogP contribution in [0.5, 0.6) is 0 Å². The number of esters is 1. The first-order valence-corrected chi connectivity index (χ1v) is 6.20. The van der Waals surface area contributed by atoms with Gasteiger partial charge in [-0.2, -0.15) is 26.3 Å². The maximum atomic E-state index is 12.1. The molecule has 0 aromatic rings. The average molecular weight is 352 g/mol. The zero-order chi connectivity index (χ0) is 18.3. The van der Waals surface area contributed by atoms with Crippen molar-refractivity contribution in [3.63, 3.8) is 0 Å². The fraction of sp³-hybridized carbons (Fsp3) is 0.727. The average Bonchev–Trinajstić information content (AvgIpc) is 2.42. The second-order valence-electron chi connectivity index (χ2n) is 4.30. The van der Waals surface area contributed by atoms with Gasteiger partial charge in [-0.15, -0.1) is 0 Å². The summed E-state index contributed by atoms with van der Waals surface area (Å²) >= 11 is 0. The Balaban J connectivity index is 4.30. The third-order valence-corrected chi connectivity index (χ3v) is 2.51. The lowest BCUT2D eigenvalue weighted by molar-refractivity contribution is -0.175. The minimum absolute atomic E-state index is 0.0317. The third kappa shape index (κ3) is 8.26. The molecule has 2 N–H and O–H groups in total. The van der Waals surface area contributed by atoms with E-state index in [0.717, 1.165) is 7.11 Å². The van der Waals surface area contributed by atoms with Crippen molar-refractivity contribution in [3.05, 3.63) is 0 Å². The Morgan fingerprint density at radius 1 is 0.957 bits per heavy atom. The van der Waals surface area contributed by atoms with Gasteiger partial charge in [0.05, 0.1) is 7.11 Å². The largest absolute Gasteiger partial charge is 0.471 e. The number of rotatable bonds is 7. The van der Waals surface area contributed by atoms with Crippen LogP contribution in [0.2, 0.25) is 0 Å². The van der Waals surface area contributed by atoms with Crippen LogP contribution in [0.4, 0.5) is 26.3 Å². The molecule has 0 aromatic heterocycles. The number of amides is 2. The summed E-state index contributed by atoms with van der Waals surface area (Å²) in [5.74, 6) is -5.60. The zero-order valence-electron chi connectivity index (χ0n) is 11.8. The van der Waals surface area contributed by atoms with Crippen molar-refractivity contribution < 1.29 is 45.5 Å². The summed E-state index contributed by atoms with van der Waals surface area (Å²) in [4.78, 5) is 32.5. The van der Waals surface area contributed by atoms with Crippen LogP contribution in [0.3, 0.4) is 0 Å². The van der Waals surface area contributed by atoms with Crippen LogP contribution < -0.4 is 10.6 Å². The molecule has 1 atom stereocenters. The van der Waals surface area contributed by atoms with E-state index in [1.807, 2.05) is 0 Å². The van der Waals surface area contributed by atoms with Crippen molar-refractivity contribution in [3.8, 4) is 0 Å². The van der Waals surface area contributed by atoms with Crippen molar-refractivity contribution in [2.24, 2.45) is 0 Å². The maximum Gasteiger partial charge on any atom is 0.471 e. The first kappa shape index (κ1) is 21.0. The molecule has 6 nitrogen and oxygen atoms in total. The Morgan fingerprint density at radius 2 is 1.48 bits per heavy atom. The molecule has 0 saturated heterocycles. The summed E-state index contributed by atoms with van der Waals surface area (Å²) in [5.41, 5.74) is 0. The monoisotopic (exact) mass is 352 g/mol. The number of hydrogen-bond acceptors (Lipinski definition) is 4. The molecular weight excluding hydrogens is 338 g/mol. The molecule has 0 aromatic carbocycles. The van der Waals surface area contributed by atoms with E-state index < -0.39 is 36.2 Å². The number of methoxy groups -OCH3 is 1. The predicted molar refractivity (Wildman–Crippen MR) is 62.9 cm³/mol. The van der Waals surface area contributed by atoms with Crippen molar-refractivity contribution in [1.29, 1.82) is 0 Å². The lowest BCUT2D eigenvalue weighted by Crippen LogP contribution is -2.47. The van der Waals surface area contributed by atoms with Crippen molar-refractivity contribution >= 4 is 17.8 Å². The minimum Gasteiger partial charge on any atom is -0.467 e. The number of hydrogen-bond donors (Lipinski definition) is 2. The molecule has 0 aliphatic rings. The molecule has 0 bridgehead atoms. The quantitative estimate of drug-likeness (QED) is 0.408. The highest BCUT2D eigenvalue weighted by Crippen LogP contribution is 2.16. The molecule has 23 heavy (non-hydrogen) atoms. The van der Waals surface area contributed by atoms with Gasteiger partial charge in [0.15, 0.2) is 0 Å². The molecule has 0 rings (SSSR count). The maximum absolute atomic E-state index is 12.1. The zero-order valence-corrected chi connectivity index (χ0v) is 11.8. The number of halogens is 6. The third-order valence-electron chi connectivity index (χ3n) is 2.51. The summed E-state index contributed by atoms with van der Waals surface area (Å²) in [6.07, 6.45) is -10.6. The van der Waals surface area contributed by atoms with Gasteiger partial charge in [-0.1, -0.05) is 0 Å². The van der Waals surface area contributed by atoms with Gasteiger partial charge < -0.3 is 15.4 Å². The van der Waals surface area contributed by atoms with Crippen molar-refractivity contribution in [2.45, 2.75) is 37.7 Å². The van der Waals surface area contributed by atoms with E-state index in [0.29, 0.717) is 0 Å². The predicted octanol–water partition coefficient (Wildman–Crippen LogP) is 1.06. The van der Waals surface area contributed by atoms with Crippen molar-refractivity contribution in [1.82, 2.24) is 10.6 Å². The molecule has 2 amide bonds. The lowest BCUT2D eigenvalue weighted by Gasteiger charge is -2.17. The Hall–Kier alpha value is -2.01. The first-order chi connectivity index (χ1) is 10.4. The molecule has 0 saturated carbocycles. The Kier molecular flexibility index (Phi) is 7.83. The number of ether oxygens (including phenoxy) is 1. The van der Waals surface area contributed by atoms with Crippen LogP contribution in [0.25, 0.3) is 0 Å². The van der Waals surface area contributed by atoms with Gasteiger partial charge >= 0.3 is 30.1 Å². The van der Waals surface area contributed by atoms with E-state index in [-0.39, 0.29) is 25.8 Å². The van der Waals surface area contributed by atoms with Crippen LogP contribution in [0.15, 0.2) is 0 Å². The summed E-state index contributed by atoms with van der Waals surface area (Å²) in [5, 5.41) is 2.98. The second kappa shape index (κ2) is 8.58. The standard InChI is InChI=1S/C11H14F6N2O4/c1-23-7(20)6(19-9(22)11(15,16)17)4-2-3-5-18-8(21)10(12,13)14/h6H,2-5H2,1H3,(H,18,21)(H,19,22). The van der Waals surface area contributed by atoms with E-state index >= 15 is 0 Å². The molecule has 0 aliphatic heterocycles. The number of alkyl halides is 6. The fourth-order valence-electron chi connectivity index (χ4n) is 1.41. The number of nitrogens with one attached hydrogen (secondary N) is 2. The highest BCUT2D eigenvalue weighted by molar-refractivity contribution is 5.87. The van der Waals surface area contributed by atoms with E-state index in [1.54, 1.807) is 5.32 Å². The minimum atomic E-state index is -5.19. The normalized spacial score (nSPS) is 13.2. The fourth-order valence-corrected chi connectivity index (χ4v) is 1.41. The van der Waals surface area contributed by atoms with E-state index in [2.05, 4.69) is 4.74 Å². The Bertz CT molecular complexity index is 435. The van der Waals surface area contributed by atoms with Crippen molar-refractivity contribution in [2.75, 3.05) is 13.7 Å². The van der Waals surface area contributed by atoms with Gasteiger partial charge in [0.1, 0.15) is 6.04 Å². The van der Waals surface area contributed by atoms with Gasteiger partial charge in [0, 0.05) is 6.54 Å². The molecule has 1 unspecified atom stereocenters. The van der Waals surface area contributed by atoms with Crippen LogP contribution in [0.1, 0.15) is 19.3 Å². The lowest BCUT2D eigenvalue weighted by atomic mass is 10.1. The summed E-state index contributed by atoms with van der Waals surface area (Å²) in [7, 11) is 0.901. The number of carbonyl (C=O) groups excluding carboxylic acids is 3. The number of unbranched alkanes of at least 4 members (excludes halogenated alkanes) is 1. The van der Waals surface area contributed by atoms with Gasteiger partial charge in [-0.25, -0.2) is 4.79 Å². The van der Waals surface area contributed by atoms with Crippen LogP contribution in [-0.2, 0) is 19.1 Å². The van der Waals surface area contributed by atoms with E-state index in [9.17, 15) is 40.7 Å². The SMILES string of the molecule is COC(=O)C(CCCCNC(=O)C(F)(F)F)NC(=O)C(F)(F)F. The topological polar surface area (TPSA) is 84.5 Å². The molecule has 0 aliphatic carbocycles. The molecule has 0 radical (unpaired) electrons. The smallest absolute Gasteiger partial charge is 0.467 e. The number of carbonyl (C=O) groups is 3. The van der Waals surface area contributed by atoms with E-state index in [1.165, 1.54) is 5.32 Å². The molecule has 0 fully saturated rings. The molecule has 134 valence electrons.